The zero-order valence-electron chi connectivity index (χ0n) is 14.5. The van der Waals surface area contributed by atoms with Gasteiger partial charge in [-0.2, -0.15) is 5.10 Å². The van der Waals surface area contributed by atoms with Crippen molar-refractivity contribution in [1.29, 1.82) is 0 Å². The van der Waals surface area contributed by atoms with E-state index in [-0.39, 0.29) is 22.6 Å². The first-order valence-corrected chi connectivity index (χ1v) is 8.11. The van der Waals surface area contributed by atoms with Crippen LogP contribution in [-0.2, 0) is 26.3 Å². The first kappa shape index (κ1) is 17.7. The maximum atomic E-state index is 12.7. The lowest BCUT2D eigenvalue weighted by atomic mass is 9.89. The Morgan fingerprint density at radius 1 is 1.12 bits per heavy atom. The number of aromatic nitrogens is 2. The first-order valence-electron chi connectivity index (χ1n) is 8.11. The number of hydrogen-bond acceptors (Lipinski definition) is 5. The molecule has 0 aliphatic heterocycles. The molecule has 0 aliphatic rings. The summed E-state index contributed by atoms with van der Waals surface area (Å²) < 4.78 is 1.15. The lowest BCUT2D eigenvalue weighted by molar-refractivity contribution is 0.321. The van der Waals surface area contributed by atoms with E-state index < -0.39 is 0 Å². The zero-order valence-corrected chi connectivity index (χ0v) is 14.5. The highest BCUT2D eigenvalue weighted by molar-refractivity contribution is 5.87. The van der Waals surface area contributed by atoms with E-state index in [1.807, 2.05) is 13.8 Å². The summed E-state index contributed by atoms with van der Waals surface area (Å²) >= 11 is 0. The molecule has 0 fully saturated rings. The third-order valence-corrected chi connectivity index (χ3v) is 4.21. The van der Waals surface area contributed by atoms with Crippen molar-refractivity contribution in [2.45, 2.75) is 40.0 Å². The van der Waals surface area contributed by atoms with Crippen molar-refractivity contribution in [2.75, 3.05) is 0 Å². The van der Waals surface area contributed by atoms with Crippen LogP contribution in [0.25, 0.3) is 11.1 Å². The van der Waals surface area contributed by atoms with Gasteiger partial charge < -0.3 is 10.3 Å². The third-order valence-electron chi connectivity index (χ3n) is 4.21. The van der Waals surface area contributed by atoms with Gasteiger partial charge in [-0.3, -0.25) is 4.79 Å². The van der Waals surface area contributed by atoms with Crippen LogP contribution in [0.3, 0.4) is 0 Å². The molecule has 1 aromatic carbocycles. The van der Waals surface area contributed by atoms with E-state index in [1.54, 1.807) is 0 Å². The largest absolute Gasteiger partial charge is 0.505 e. The summed E-state index contributed by atoms with van der Waals surface area (Å²) in [5.74, 6) is -0.260. The van der Waals surface area contributed by atoms with Crippen molar-refractivity contribution >= 4 is 6.21 Å². The van der Waals surface area contributed by atoms with Crippen LogP contribution in [0.4, 0.5) is 0 Å². The number of nitrogens with zero attached hydrogens (tertiary/aromatic N) is 3. The number of aryl methyl sites for hydroxylation is 4. The Hall–Kier alpha value is -2.63. The molecule has 0 unspecified atom stereocenters. The van der Waals surface area contributed by atoms with Gasteiger partial charge in [0.25, 0.3) is 5.56 Å². The number of rotatable bonds is 5. The molecule has 2 N–H and O–H groups in total. The molecule has 128 valence electrons. The van der Waals surface area contributed by atoms with Gasteiger partial charge in [0.1, 0.15) is 5.69 Å². The van der Waals surface area contributed by atoms with E-state index >= 15 is 0 Å². The molecule has 0 radical (unpaired) electrons. The SMILES string of the molecule is CCc1cc(CC)c(-c2c(O)c(C=NO)nn(C)c2=O)c(CC)c1. The second-order valence-electron chi connectivity index (χ2n) is 5.63. The number of aromatic hydroxyl groups is 1. The summed E-state index contributed by atoms with van der Waals surface area (Å²) in [6, 6.07) is 4.15. The van der Waals surface area contributed by atoms with Crippen LogP contribution in [-0.4, -0.2) is 26.3 Å². The smallest absolute Gasteiger partial charge is 0.278 e. The standard InChI is InChI=1S/C18H23N3O3/c1-5-11-8-12(6-2)15(13(7-3)9-11)16-17(22)14(10-19-24)20-21(4)18(16)23/h8-10,22,24H,5-7H2,1-4H3. The average Bonchev–Trinajstić information content (AvgIpc) is 2.59. The van der Waals surface area contributed by atoms with Gasteiger partial charge in [0.15, 0.2) is 5.75 Å². The van der Waals surface area contributed by atoms with Crippen LogP contribution >= 0.6 is 0 Å². The van der Waals surface area contributed by atoms with Crippen LogP contribution in [0, 0.1) is 0 Å². The Bertz CT molecular complexity index is 813. The highest BCUT2D eigenvalue weighted by atomic mass is 16.4. The summed E-state index contributed by atoms with van der Waals surface area (Å²) in [6.45, 7) is 6.14. The fourth-order valence-electron chi connectivity index (χ4n) is 2.94. The van der Waals surface area contributed by atoms with Crippen LogP contribution in [0.15, 0.2) is 22.1 Å². The summed E-state index contributed by atoms with van der Waals surface area (Å²) in [5, 5.41) is 26.2. The molecule has 2 rings (SSSR count). The minimum absolute atomic E-state index is 0.0540. The van der Waals surface area contributed by atoms with Gasteiger partial charge in [-0.25, -0.2) is 4.68 Å². The normalized spacial score (nSPS) is 11.3. The molecule has 0 amide bonds. The quantitative estimate of drug-likeness (QED) is 0.501. The fraction of sp³-hybridized carbons (Fsp3) is 0.389. The van der Waals surface area contributed by atoms with E-state index in [9.17, 15) is 9.90 Å². The summed E-state index contributed by atoms with van der Waals surface area (Å²) in [5.41, 5.74) is 3.86. The minimum atomic E-state index is -0.378. The van der Waals surface area contributed by atoms with Crippen LogP contribution in [0.1, 0.15) is 43.2 Å². The van der Waals surface area contributed by atoms with Crippen molar-refractivity contribution in [3.05, 3.63) is 44.9 Å². The van der Waals surface area contributed by atoms with Gasteiger partial charge in [-0.1, -0.05) is 38.1 Å². The highest BCUT2D eigenvalue weighted by Gasteiger charge is 2.21. The molecule has 2 aromatic rings. The molecule has 6 nitrogen and oxygen atoms in total. The Balaban J connectivity index is 2.93. The van der Waals surface area contributed by atoms with Crippen molar-refractivity contribution in [2.24, 2.45) is 12.2 Å². The minimum Gasteiger partial charge on any atom is -0.505 e. The lowest BCUT2D eigenvalue weighted by Crippen LogP contribution is -2.24. The van der Waals surface area contributed by atoms with E-state index in [4.69, 9.17) is 5.21 Å². The second-order valence-corrected chi connectivity index (χ2v) is 5.63. The van der Waals surface area contributed by atoms with Gasteiger partial charge in [0.05, 0.1) is 11.8 Å². The Morgan fingerprint density at radius 3 is 2.17 bits per heavy atom. The monoisotopic (exact) mass is 329 g/mol. The predicted molar refractivity (Wildman–Crippen MR) is 94.1 cm³/mol. The van der Waals surface area contributed by atoms with E-state index in [0.29, 0.717) is 0 Å². The number of oxime groups is 1. The second kappa shape index (κ2) is 7.29. The average molecular weight is 329 g/mol. The topological polar surface area (TPSA) is 87.7 Å². The van der Waals surface area contributed by atoms with Crippen molar-refractivity contribution in [3.8, 4) is 16.9 Å². The molecule has 0 saturated heterocycles. The van der Waals surface area contributed by atoms with Gasteiger partial charge in [0.2, 0.25) is 0 Å². The van der Waals surface area contributed by atoms with Crippen molar-refractivity contribution in [3.63, 3.8) is 0 Å². The van der Waals surface area contributed by atoms with Crippen LogP contribution < -0.4 is 5.56 Å². The molecule has 0 bridgehead atoms. The summed E-state index contributed by atoms with van der Waals surface area (Å²) in [7, 11) is 1.51. The predicted octanol–water partition coefficient (Wildman–Crippen LogP) is 2.65. The maximum absolute atomic E-state index is 12.7. The van der Waals surface area contributed by atoms with E-state index in [2.05, 4.69) is 29.3 Å². The third kappa shape index (κ3) is 3.04. The number of hydrogen-bond donors (Lipinski definition) is 2. The van der Waals surface area contributed by atoms with Gasteiger partial charge >= 0.3 is 0 Å². The zero-order chi connectivity index (χ0) is 17.9. The molecular formula is C18H23N3O3. The van der Waals surface area contributed by atoms with Crippen molar-refractivity contribution < 1.29 is 10.3 Å². The number of benzene rings is 1. The van der Waals surface area contributed by atoms with Crippen LogP contribution in [0.2, 0.25) is 0 Å². The maximum Gasteiger partial charge on any atom is 0.278 e. The van der Waals surface area contributed by atoms with Crippen LogP contribution in [0.5, 0.6) is 5.75 Å². The molecule has 0 spiro atoms. The summed E-state index contributed by atoms with van der Waals surface area (Å²) in [4.78, 5) is 12.7. The molecule has 6 heteroatoms. The van der Waals surface area contributed by atoms with Crippen molar-refractivity contribution in [1.82, 2.24) is 9.78 Å². The Morgan fingerprint density at radius 2 is 1.71 bits per heavy atom. The van der Waals surface area contributed by atoms with Gasteiger partial charge in [-0.15, -0.1) is 0 Å². The lowest BCUT2D eigenvalue weighted by Gasteiger charge is -2.17. The Labute approximate surface area is 141 Å². The molecule has 24 heavy (non-hydrogen) atoms. The van der Waals surface area contributed by atoms with Gasteiger partial charge in [-0.05, 0) is 41.5 Å². The molecule has 0 saturated carbocycles. The molecule has 0 atom stereocenters. The first-order chi connectivity index (χ1) is 11.5. The van der Waals surface area contributed by atoms with E-state index in [1.165, 1.54) is 12.6 Å². The highest BCUT2D eigenvalue weighted by Crippen LogP contribution is 2.34. The molecular weight excluding hydrogens is 306 g/mol. The fourth-order valence-corrected chi connectivity index (χ4v) is 2.94. The Kier molecular flexibility index (Phi) is 5.39. The van der Waals surface area contributed by atoms with E-state index in [0.717, 1.165) is 46.8 Å². The van der Waals surface area contributed by atoms with Gasteiger partial charge in [0, 0.05) is 7.05 Å². The molecule has 0 aliphatic carbocycles. The molecule has 1 aromatic heterocycles. The summed E-state index contributed by atoms with van der Waals surface area (Å²) in [6.07, 6.45) is 3.41. The molecule has 1 heterocycles.